The van der Waals surface area contributed by atoms with E-state index in [1.165, 1.54) is 0 Å². The minimum atomic E-state index is -0.113. The van der Waals surface area contributed by atoms with Crippen LogP contribution < -0.4 is 10.2 Å². The summed E-state index contributed by atoms with van der Waals surface area (Å²) in [6, 6.07) is 15.6. The maximum atomic E-state index is 12.6. The lowest BCUT2D eigenvalue weighted by Crippen LogP contribution is -2.28. The Balaban J connectivity index is 1.56. The number of rotatable bonds is 6. The number of carbonyl (C=O) groups excluding carboxylic acids is 1. The second kappa shape index (κ2) is 8.57. The number of hydrogen-bond acceptors (Lipinski definition) is 5. The van der Waals surface area contributed by atoms with Gasteiger partial charge in [0.2, 0.25) is 0 Å². The first-order valence-electron chi connectivity index (χ1n) is 10.00. The number of benzene rings is 2. The third kappa shape index (κ3) is 4.38. The van der Waals surface area contributed by atoms with Crippen LogP contribution in [0, 0.1) is 12.8 Å². The predicted molar refractivity (Wildman–Crippen MR) is 114 cm³/mol. The topological polar surface area (TPSA) is 67.4 Å². The molecule has 1 aromatic heterocycles. The van der Waals surface area contributed by atoms with Crippen molar-refractivity contribution < 1.29 is 9.53 Å². The van der Waals surface area contributed by atoms with E-state index in [0.29, 0.717) is 17.3 Å². The molecule has 1 amide bonds. The van der Waals surface area contributed by atoms with Gasteiger partial charge in [0.05, 0.1) is 18.7 Å². The fraction of sp³-hybridized carbons (Fsp3) is 0.348. The first kappa shape index (κ1) is 19.3. The second-order valence-corrected chi connectivity index (χ2v) is 7.59. The molecule has 1 unspecified atom stereocenters. The van der Waals surface area contributed by atoms with E-state index in [0.717, 1.165) is 48.5 Å². The molecule has 3 aromatic rings. The Morgan fingerprint density at radius 1 is 1.17 bits per heavy atom. The molecule has 1 atom stereocenters. The molecule has 0 aliphatic carbocycles. The summed E-state index contributed by atoms with van der Waals surface area (Å²) in [5, 5.41) is 3.97. The van der Waals surface area contributed by atoms with Gasteiger partial charge >= 0.3 is 0 Å². The number of aryl methyl sites for hydroxylation is 1. The van der Waals surface area contributed by atoms with Gasteiger partial charge in [0.1, 0.15) is 5.82 Å². The molecular formula is C23H26N4O2. The first-order chi connectivity index (χ1) is 14.1. The Morgan fingerprint density at radius 3 is 2.76 bits per heavy atom. The molecule has 0 bridgehead atoms. The number of nitrogens with zero attached hydrogens (tertiary/aromatic N) is 3. The molecular weight excluding hydrogens is 364 g/mol. The molecule has 1 saturated heterocycles. The van der Waals surface area contributed by atoms with Crippen molar-refractivity contribution in [2.45, 2.75) is 19.9 Å². The summed E-state index contributed by atoms with van der Waals surface area (Å²) in [5.41, 5.74) is 2.50. The first-order valence-corrected chi connectivity index (χ1v) is 10.00. The van der Waals surface area contributed by atoms with Crippen molar-refractivity contribution in [2.24, 2.45) is 5.92 Å². The van der Waals surface area contributed by atoms with Crippen LogP contribution >= 0.6 is 0 Å². The van der Waals surface area contributed by atoms with Crippen LogP contribution in [0.4, 0.5) is 5.82 Å². The number of hydrogen-bond donors (Lipinski definition) is 1. The third-order valence-corrected chi connectivity index (χ3v) is 5.34. The van der Waals surface area contributed by atoms with Crippen LogP contribution in [0.15, 0.2) is 48.5 Å². The summed E-state index contributed by atoms with van der Waals surface area (Å²) in [5.74, 6) is 1.90. The zero-order chi connectivity index (χ0) is 20.2. The SMILES string of the molecule is Cc1ccccc1C(=O)NCc1nc(N(C)CC2CCOC2)c2ccccc2n1. The summed E-state index contributed by atoms with van der Waals surface area (Å²) >= 11 is 0. The van der Waals surface area contributed by atoms with E-state index >= 15 is 0 Å². The largest absolute Gasteiger partial charge is 0.381 e. The molecule has 1 fully saturated rings. The van der Waals surface area contributed by atoms with Gasteiger partial charge in [-0.2, -0.15) is 0 Å². The Morgan fingerprint density at radius 2 is 1.97 bits per heavy atom. The van der Waals surface area contributed by atoms with Crippen molar-refractivity contribution in [3.05, 3.63) is 65.5 Å². The van der Waals surface area contributed by atoms with E-state index in [1.807, 2.05) is 55.5 Å². The van der Waals surface area contributed by atoms with Crippen LogP contribution in [-0.2, 0) is 11.3 Å². The molecule has 6 heteroatoms. The fourth-order valence-corrected chi connectivity index (χ4v) is 3.76. The monoisotopic (exact) mass is 390 g/mol. The average Bonchev–Trinajstić information content (AvgIpc) is 3.24. The van der Waals surface area contributed by atoms with Crippen molar-refractivity contribution in [1.82, 2.24) is 15.3 Å². The molecule has 6 nitrogen and oxygen atoms in total. The van der Waals surface area contributed by atoms with Gasteiger partial charge in [-0.1, -0.05) is 30.3 Å². The zero-order valence-corrected chi connectivity index (χ0v) is 16.9. The quantitative estimate of drug-likeness (QED) is 0.699. The van der Waals surface area contributed by atoms with Crippen molar-refractivity contribution in [3.63, 3.8) is 0 Å². The molecule has 2 heterocycles. The number of para-hydroxylation sites is 1. The van der Waals surface area contributed by atoms with E-state index in [9.17, 15) is 4.79 Å². The molecule has 2 aromatic carbocycles. The van der Waals surface area contributed by atoms with Crippen LogP contribution in [0.5, 0.6) is 0 Å². The summed E-state index contributed by atoms with van der Waals surface area (Å²) in [6.45, 7) is 4.73. The van der Waals surface area contributed by atoms with Crippen molar-refractivity contribution in [3.8, 4) is 0 Å². The van der Waals surface area contributed by atoms with Crippen molar-refractivity contribution in [2.75, 3.05) is 31.7 Å². The van der Waals surface area contributed by atoms with Gasteiger partial charge in [-0.3, -0.25) is 4.79 Å². The number of ether oxygens (including phenoxy) is 1. The molecule has 29 heavy (non-hydrogen) atoms. The molecule has 1 aliphatic heterocycles. The molecule has 150 valence electrons. The van der Waals surface area contributed by atoms with Crippen molar-refractivity contribution in [1.29, 1.82) is 0 Å². The number of carbonyl (C=O) groups is 1. The Hall–Kier alpha value is -2.99. The number of aromatic nitrogens is 2. The standard InChI is InChI=1S/C23H26N4O2/c1-16-7-3-4-8-18(16)23(28)24-13-21-25-20-10-6-5-9-19(20)22(26-21)27(2)14-17-11-12-29-15-17/h3-10,17H,11-15H2,1-2H3,(H,24,28). The summed E-state index contributed by atoms with van der Waals surface area (Å²) in [4.78, 5) is 24.2. The maximum absolute atomic E-state index is 12.6. The molecule has 0 spiro atoms. The Kier molecular flexibility index (Phi) is 5.71. The molecule has 0 saturated carbocycles. The van der Waals surface area contributed by atoms with E-state index in [-0.39, 0.29) is 12.5 Å². The highest BCUT2D eigenvalue weighted by atomic mass is 16.5. The van der Waals surface area contributed by atoms with Crippen molar-refractivity contribution >= 4 is 22.6 Å². The highest BCUT2D eigenvalue weighted by Gasteiger charge is 2.20. The number of fused-ring (bicyclic) bond motifs is 1. The maximum Gasteiger partial charge on any atom is 0.251 e. The lowest BCUT2D eigenvalue weighted by atomic mass is 10.1. The van der Waals surface area contributed by atoms with Crippen LogP contribution in [0.25, 0.3) is 10.9 Å². The van der Waals surface area contributed by atoms with E-state index in [4.69, 9.17) is 9.72 Å². The molecule has 1 aliphatic rings. The minimum absolute atomic E-state index is 0.113. The smallest absolute Gasteiger partial charge is 0.251 e. The van der Waals surface area contributed by atoms with E-state index < -0.39 is 0 Å². The van der Waals surface area contributed by atoms with Gasteiger partial charge in [-0.25, -0.2) is 9.97 Å². The van der Waals surface area contributed by atoms with E-state index in [2.05, 4.69) is 22.2 Å². The van der Waals surface area contributed by atoms with Gasteiger partial charge in [0, 0.05) is 37.1 Å². The minimum Gasteiger partial charge on any atom is -0.381 e. The number of nitrogens with one attached hydrogen (secondary N) is 1. The summed E-state index contributed by atoms with van der Waals surface area (Å²) < 4.78 is 5.51. The lowest BCUT2D eigenvalue weighted by Gasteiger charge is -2.23. The Labute approximate surface area is 170 Å². The zero-order valence-electron chi connectivity index (χ0n) is 16.9. The van der Waals surface area contributed by atoms with Gasteiger partial charge < -0.3 is 15.0 Å². The van der Waals surface area contributed by atoms with Gasteiger partial charge in [0.25, 0.3) is 5.91 Å². The third-order valence-electron chi connectivity index (χ3n) is 5.34. The predicted octanol–water partition coefficient (Wildman–Crippen LogP) is 3.34. The number of anilines is 1. The molecule has 0 radical (unpaired) electrons. The van der Waals surface area contributed by atoms with Crippen LogP contribution in [-0.4, -0.2) is 42.7 Å². The number of amides is 1. The molecule has 4 rings (SSSR count). The average molecular weight is 390 g/mol. The van der Waals surface area contributed by atoms with Gasteiger partial charge in [-0.05, 0) is 37.1 Å². The summed E-state index contributed by atoms with van der Waals surface area (Å²) in [6.07, 6.45) is 1.08. The normalized spacial score (nSPS) is 16.1. The highest BCUT2D eigenvalue weighted by Crippen LogP contribution is 2.25. The second-order valence-electron chi connectivity index (χ2n) is 7.59. The summed E-state index contributed by atoms with van der Waals surface area (Å²) in [7, 11) is 2.06. The molecule has 1 N–H and O–H groups in total. The van der Waals surface area contributed by atoms with Gasteiger partial charge in [-0.15, -0.1) is 0 Å². The van der Waals surface area contributed by atoms with Gasteiger partial charge in [0.15, 0.2) is 5.82 Å². The van der Waals surface area contributed by atoms with Crippen LogP contribution in [0.3, 0.4) is 0 Å². The van der Waals surface area contributed by atoms with Crippen LogP contribution in [0.2, 0.25) is 0 Å². The van der Waals surface area contributed by atoms with Crippen LogP contribution in [0.1, 0.15) is 28.2 Å². The highest BCUT2D eigenvalue weighted by molar-refractivity contribution is 5.95. The Bertz CT molecular complexity index is 1010. The van der Waals surface area contributed by atoms with E-state index in [1.54, 1.807) is 0 Å². The lowest BCUT2D eigenvalue weighted by molar-refractivity contribution is 0.0949. The fourth-order valence-electron chi connectivity index (χ4n) is 3.76.